The van der Waals surface area contributed by atoms with Crippen molar-refractivity contribution >= 4 is 11.4 Å². The van der Waals surface area contributed by atoms with Gasteiger partial charge in [0.25, 0.3) is 0 Å². The summed E-state index contributed by atoms with van der Waals surface area (Å²) in [6.07, 6.45) is 4.76. The van der Waals surface area contributed by atoms with Crippen LogP contribution >= 0.6 is 0 Å². The Morgan fingerprint density at radius 2 is 2.21 bits per heavy atom. The molecule has 1 aliphatic carbocycles. The zero-order valence-corrected chi connectivity index (χ0v) is 11.4. The number of rotatable bonds is 7. The van der Waals surface area contributed by atoms with Crippen LogP contribution in [0.1, 0.15) is 32.6 Å². The van der Waals surface area contributed by atoms with Gasteiger partial charge in [0.05, 0.1) is 12.0 Å². The number of ether oxygens (including phenoxy) is 1. The second-order valence-corrected chi connectivity index (χ2v) is 5.22. The third-order valence-corrected chi connectivity index (χ3v) is 3.79. The van der Waals surface area contributed by atoms with Crippen LogP contribution in [0.4, 0.5) is 11.4 Å². The van der Waals surface area contributed by atoms with E-state index in [1.165, 1.54) is 26.4 Å². The number of nitrogens with zero attached hydrogens (tertiary/aromatic N) is 1. The van der Waals surface area contributed by atoms with E-state index in [0.717, 1.165) is 13.0 Å². The molecule has 0 bridgehead atoms. The van der Waals surface area contributed by atoms with Crippen LogP contribution in [0.15, 0.2) is 18.2 Å². The van der Waals surface area contributed by atoms with E-state index < -0.39 is 0 Å². The smallest absolute Gasteiger partial charge is 0.333 e. The predicted molar refractivity (Wildman–Crippen MR) is 74.7 cm³/mol. The minimum atomic E-state index is -0.388. The summed E-state index contributed by atoms with van der Waals surface area (Å²) in [5.41, 5.74) is 0.926. The summed E-state index contributed by atoms with van der Waals surface area (Å²) in [7, 11) is 1.45. The number of nitrogens with one attached hydrogen (secondary N) is 1. The van der Waals surface area contributed by atoms with Gasteiger partial charge < -0.3 is 10.1 Å². The standard InChI is InChI=1S/C14H20N2O3/c1-3-7-14(8-9-14)10-15-11-5-4-6-12(19-2)13(11)16(17)18/h4-6,15H,3,7-10H2,1-2H3. The van der Waals surface area contributed by atoms with Crippen LogP contribution in [0.2, 0.25) is 0 Å². The van der Waals surface area contributed by atoms with Gasteiger partial charge in [-0.05, 0) is 36.8 Å². The van der Waals surface area contributed by atoms with E-state index in [0.29, 0.717) is 16.9 Å². The fraction of sp³-hybridized carbons (Fsp3) is 0.571. The first-order chi connectivity index (χ1) is 9.12. The molecule has 0 atom stereocenters. The average molecular weight is 264 g/mol. The van der Waals surface area contributed by atoms with Crippen molar-refractivity contribution in [3.63, 3.8) is 0 Å². The van der Waals surface area contributed by atoms with Crippen molar-refractivity contribution in [3.05, 3.63) is 28.3 Å². The third kappa shape index (κ3) is 2.97. The lowest BCUT2D eigenvalue weighted by atomic mass is 10.0. The molecule has 0 saturated heterocycles. The van der Waals surface area contributed by atoms with Crippen molar-refractivity contribution in [2.75, 3.05) is 19.0 Å². The lowest BCUT2D eigenvalue weighted by Crippen LogP contribution is -2.16. The molecule has 2 rings (SSSR count). The molecule has 0 aromatic heterocycles. The van der Waals surface area contributed by atoms with Gasteiger partial charge in [0.2, 0.25) is 0 Å². The highest BCUT2D eigenvalue weighted by molar-refractivity contribution is 5.68. The molecule has 0 heterocycles. The molecular weight excluding hydrogens is 244 g/mol. The maximum atomic E-state index is 11.2. The first-order valence-corrected chi connectivity index (χ1v) is 6.67. The van der Waals surface area contributed by atoms with E-state index in [1.807, 2.05) is 0 Å². The molecule has 1 aliphatic rings. The van der Waals surface area contributed by atoms with Crippen LogP contribution in [0.5, 0.6) is 5.75 Å². The van der Waals surface area contributed by atoms with E-state index in [2.05, 4.69) is 12.2 Å². The topological polar surface area (TPSA) is 64.4 Å². The highest BCUT2D eigenvalue weighted by Gasteiger charge is 2.41. The van der Waals surface area contributed by atoms with Crippen molar-refractivity contribution < 1.29 is 9.66 Å². The Morgan fingerprint density at radius 1 is 1.47 bits per heavy atom. The molecule has 1 N–H and O–H groups in total. The Kier molecular flexibility index (Phi) is 3.93. The molecule has 1 aromatic carbocycles. The quantitative estimate of drug-likeness (QED) is 0.603. The molecular formula is C14H20N2O3. The third-order valence-electron chi connectivity index (χ3n) is 3.79. The maximum Gasteiger partial charge on any atom is 0.333 e. The summed E-state index contributed by atoms with van der Waals surface area (Å²) in [5.74, 6) is 0.301. The van der Waals surface area contributed by atoms with Crippen LogP contribution in [0.25, 0.3) is 0 Å². The second-order valence-electron chi connectivity index (χ2n) is 5.22. The normalized spacial score (nSPS) is 15.9. The van der Waals surface area contributed by atoms with E-state index >= 15 is 0 Å². The fourth-order valence-corrected chi connectivity index (χ4v) is 2.52. The minimum absolute atomic E-state index is 0.0253. The molecule has 0 aliphatic heterocycles. The van der Waals surface area contributed by atoms with Gasteiger partial charge in [0, 0.05) is 6.54 Å². The number of hydrogen-bond donors (Lipinski definition) is 1. The Bertz CT molecular complexity index is 470. The Hall–Kier alpha value is -1.78. The molecule has 5 heteroatoms. The number of benzene rings is 1. The number of nitro benzene ring substituents is 1. The highest BCUT2D eigenvalue weighted by Crippen LogP contribution is 2.50. The van der Waals surface area contributed by atoms with Crippen LogP contribution in [-0.2, 0) is 0 Å². The van der Waals surface area contributed by atoms with Gasteiger partial charge >= 0.3 is 5.69 Å². The van der Waals surface area contributed by atoms with Crippen LogP contribution in [0.3, 0.4) is 0 Å². The Balaban J connectivity index is 2.14. The number of methoxy groups -OCH3 is 1. The molecule has 0 unspecified atom stereocenters. The van der Waals surface area contributed by atoms with E-state index in [4.69, 9.17) is 4.74 Å². The molecule has 0 radical (unpaired) electrons. The number of anilines is 1. The van der Waals surface area contributed by atoms with E-state index in [-0.39, 0.29) is 10.6 Å². The SMILES string of the molecule is CCCC1(CNc2cccc(OC)c2[N+](=O)[O-])CC1. The lowest BCUT2D eigenvalue weighted by molar-refractivity contribution is -0.384. The lowest BCUT2D eigenvalue weighted by Gasteiger charge is -2.16. The van der Waals surface area contributed by atoms with E-state index in [1.54, 1.807) is 18.2 Å². The summed E-state index contributed by atoms with van der Waals surface area (Å²) >= 11 is 0. The van der Waals surface area contributed by atoms with Crippen LogP contribution in [0, 0.1) is 15.5 Å². The summed E-state index contributed by atoms with van der Waals surface area (Å²) in [6, 6.07) is 5.12. The molecule has 1 saturated carbocycles. The second kappa shape index (κ2) is 5.47. The fourth-order valence-electron chi connectivity index (χ4n) is 2.52. The molecule has 0 amide bonds. The zero-order valence-electron chi connectivity index (χ0n) is 11.4. The molecule has 5 nitrogen and oxygen atoms in total. The molecule has 0 spiro atoms. The predicted octanol–water partition coefficient (Wildman–Crippen LogP) is 3.60. The summed E-state index contributed by atoms with van der Waals surface area (Å²) < 4.78 is 5.06. The largest absolute Gasteiger partial charge is 0.490 e. The Morgan fingerprint density at radius 3 is 2.74 bits per heavy atom. The van der Waals surface area contributed by atoms with Crippen molar-refractivity contribution in [3.8, 4) is 5.75 Å². The van der Waals surface area contributed by atoms with Gasteiger partial charge in [-0.1, -0.05) is 19.4 Å². The van der Waals surface area contributed by atoms with E-state index in [9.17, 15) is 10.1 Å². The van der Waals surface area contributed by atoms with Crippen molar-refractivity contribution in [1.82, 2.24) is 0 Å². The van der Waals surface area contributed by atoms with Crippen LogP contribution < -0.4 is 10.1 Å². The number of hydrogen-bond acceptors (Lipinski definition) is 4. The highest BCUT2D eigenvalue weighted by atomic mass is 16.6. The maximum absolute atomic E-state index is 11.2. The summed E-state index contributed by atoms with van der Waals surface area (Å²) in [4.78, 5) is 10.8. The van der Waals surface area contributed by atoms with Gasteiger partial charge in [-0.2, -0.15) is 0 Å². The van der Waals surface area contributed by atoms with Gasteiger partial charge in [-0.25, -0.2) is 0 Å². The molecule has 1 aromatic rings. The summed E-state index contributed by atoms with van der Waals surface area (Å²) in [6.45, 7) is 2.98. The van der Waals surface area contributed by atoms with Crippen molar-refractivity contribution in [2.45, 2.75) is 32.6 Å². The van der Waals surface area contributed by atoms with Gasteiger partial charge in [-0.15, -0.1) is 0 Å². The van der Waals surface area contributed by atoms with Crippen molar-refractivity contribution in [1.29, 1.82) is 0 Å². The zero-order chi connectivity index (χ0) is 13.9. The summed E-state index contributed by atoms with van der Waals surface area (Å²) in [5, 5.41) is 14.4. The average Bonchev–Trinajstić information content (AvgIpc) is 3.16. The monoisotopic (exact) mass is 264 g/mol. The van der Waals surface area contributed by atoms with Gasteiger partial charge in [0.1, 0.15) is 5.69 Å². The number of nitro groups is 1. The first kappa shape index (κ1) is 13.6. The first-order valence-electron chi connectivity index (χ1n) is 6.67. The molecule has 104 valence electrons. The van der Waals surface area contributed by atoms with Gasteiger partial charge in [0.15, 0.2) is 5.75 Å². The number of para-hydroxylation sites is 1. The van der Waals surface area contributed by atoms with Gasteiger partial charge in [-0.3, -0.25) is 10.1 Å². The molecule has 19 heavy (non-hydrogen) atoms. The molecule has 1 fully saturated rings. The van der Waals surface area contributed by atoms with Crippen LogP contribution in [-0.4, -0.2) is 18.6 Å². The Labute approximate surface area is 113 Å². The minimum Gasteiger partial charge on any atom is -0.490 e. The van der Waals surface area contributed by atoms with Crippen molar-refractivity contribution in [2.24, 2.45) is 5.41 Å².